The third kappa shape index (κ3) is 6.75. The Morgan fingerprint density at radius 2 is 1.95 bits per heavy atom. The molecule has 0 unspecified atom stereocenters. The van der Waals surface area contributed by atoms with E-state index in [1.54, 1.807) is 24.3 Å². The van der Waals surface area contributed by atoms with Crippen molar-refractivity contribution < 1.29 is 24.2 Å². The maximum Gasteiger partial charge on any atom is 0.341 e. The number of carbonyl (C=O) groups excluding carboxylic acids is 1. The van der Waals surface area contributed by atoms with Crippen molar-refractivity contribution in [3.8, 4) is 5.75 Å². The quantitative estimate of drug-likeness (QED) is 0.675. The summed E-state index contributed by atoms with van der Waals surface area (Å²) >= 11 is 0. The highest BCUT2D eigenvalue weighted by molar-refractivity contribution is 5.90. The van der Waals surface area contributed by atoms with E-state index in [1.165, 1.54) is 0 Å². The zero-order valence-electron chi connectivity index (χ0n) is 11.4. The molecular weight excluding hydrogens is 262 g/mol. The van der Waals surface area contributed by atoms with Crippen LogP contribution >= 0.6 is 0 Å². The maximum atomic E-state index is 11.6. The number of benzene rings is 1. The number of ether oxygens (including phenoxy) is 2. The number of anilines is 1. The summed E-state index contributed by atoms with van der Waals surface area (Å²) in [5.74, 6) is -0.665. The van der Waals surface area contributed by atoms with Crippen LogP contribution in [-0.2, 0) is 14.3 Å². The first-order valence-corrected chi connectivity index (χ1v) is 6.44. The van der Waals surface area contributed by atoms with Gasteiger partial charge in [-0.1, -0.05) is 0 Å². The molecule has 0 aromatic heterocycles. The average molecular weight is 281 g/mol. The van der Waals surface area contributed by atoms with E-state index in [0.717, 1.165) is 0 Å². The van der Waals surface area contributed by atoms with Crippen LogP contribution in [0.15, 0.2) is 24.3 Å². The Balaban J connectivity index is 2.33. The molecule has 1 aromatic carbocycles. The van der Waals surface area contributed by atoms with Gasteiger partial charge in [-0.2, -0.15) is 0 Å². The molecule has 1 rings (SSSR count). The second-order valence-electron chi connectivity index (χ2n) is 4.06. The van der Waals surface area contributed by atoms with Crippen molar-refractivity contribution >= 4 is 17.6 Å². The van der Waals surface area contributed by atoms with Crippen molar-refractivity contribution in [2.24, 2.45) is 0 Å². The molecule has 6 heteroatoms. The number of carboxylic acids is 1. The molecule has 0 aliphatic rings. The van der Waals surface area contributed by atoms with Gasteiger partial charge in [-0.25, -0.2) is 4.79 Å². The Morgan fingerprint density at radius 3 is 2.55 bits per heavy atom. The van der Waals surface area contributed by atoms with Crippen molar-refractivity contribution in [3.05, 3.63) is 24.3 Å². The zero-order valence-corrected chi connectivity index (χ0v) is 11.4. The van der Waals surface area contributed by atoms with Gasteiger partial charge in [0.2, 0.25) is 5.91 Å². The molecule has 0 bridgehead atoms. The molecule has 6 nitrogen and oxygen atoms in total. The second kappa shape index (κ2) is 8.92. The zero-order chi connectivity index (χ0) is 14.8. The van der Waals surface area contributed by atoms with E-state index in [0.29, 0.717) is 37.5 Å². The van der Waals surface area contributed by atoms with Gasteiger partial charge in [0.25, 0.3) is 0 Å². The van der Waals surface area contributed by atoms with Gasteiger partial charge in [-0.3, -0.25) is 4.79 Å². The number of amides is 1. The minimum Gasteiger partial charge on any atom is -0.482 e. The van der Waals surface area contributed by atoms with Crippen molar-refractivity contribution in [1.82, 2.24) is 0 Å². The molecule has 1 amide bonds. The van der Waals surface area contributed by atoms with Gasteiger partial charge < -0.3 is 19.9 Å². The lowest BCUT2D eigenvalue weighted by molar-refractivity contribution is -0.139. The largest absolute Gasteiger partial charge is 0.482 e. The summed E-state index contributed by atoms with van der Waals surface area (Å²) in [5, 5.41) is 11.2. The van der Waals surface area contributed by atoms with Crippen LogP contribution in [0.2, 0.25) is 0 Å². The van der Waals surface area contributed by atoms with Gasteiger partial charge in [0, 0.05) is 25.3 Å². The first-order chi connectivity index (χ1) is 9.61. The number of hydrogen-bond donors (Lipinski definition) is 2. The number of rotatable bonds is 9. The minimum absolute atomic E-state index is 0.0797. The second-order valence-corrected chi connectivity index (χ2v) is 4.06. The van der Waals surface area contributed by atoms with Crippen LogP contribution < -0.4 is 10.1 Å². The molecule has 0 aliphatic heterocycles. The first-order valence-electron chi connectivity index (χ1n) is 6.44. The summed E-state index contributed by atoms with van der Waals surface area (Å²) in [5.41, 5.74) is 0.647. The molecular formula is C14H19NO5. The topological polar surface area (TPSA) is 84.9 Å². The third-order valence-electron chi connectivity index (χ3n) is 2.40. The molecule has 0 atom stereocenters. The predicted molar refractivity (Wildman–Crippen MR) is 73.9 cm³/mol. The Morgan fingerprint density at radius 1 is 1.25 bits per heavy atom. The summed E-state index contributed by atoms with van der Waals surface area (Å²) in [6.45, 7) is 2.75. The molecule has 0 heterocycles. The van der Waals surface area contributed by atoms with E-state index >= 15 is 0 Å². The summed E-state index contributed by atoms with van der Waals surface area (Å²) in [4.78, 5) is 21.9. The fourth-order valence-corrected chi connectivity index (χ4v) is 1.48. The number of nitrogens with one attached hydrogen (secondary N) is 1. The highest BCUT2D eigenvalue weighted by Gasteiger charge is 2.03. The van der Waals surface area contributed by atoms with Gasteiger partial charge in [-0.05, 0) is 37.6 Å². The Labute approximate surface area is 117 Å². The van der Waals surface area contributed by atoms with Crippen molar-refractivity contribution in [1.29, 1.82) is 0 Å². The number of carboxylic acid groups (broad SMARTS) is 1. The molecule has 110 valence electrons. The van der Waals surface area contributed by atoms with Gasteiger partial charge in [0.05, 0.1) is 0 Å². The van der Waals surface area contributed by atoms with Crippen LogP contribution in [0, 0.1) is 0 Å². The standard InChI is InChI=1S/C14H19NO5/c1-2-19-9-3-4-13(16)15-11-5-7-12(8-6-11)20-10-14(17)18/h5-8H,2-4,9-10H2,1H3,(H,15,16)(H,17,18). The lowest BCUT2D eigenvalue weighted by Crippen LogP contribution is -2.12. The maximum absolute atomic E-state index is 11.6. The lowest BCUT2D eigenvalue weighted by atomic mass is 10.2. The summed E-state index contributed by atoms with van der Waals surface area (Å²) < 4.78 is 10.1. The number of aliphatic carboxylic acids is 1. The van der Waals surface area contributed by atoms with Crippen molar-refractivity contribution in [3.63, 3.8) is 0 Å². The fraction of sp³-hybridized carbons (Fsp3) is 0.429. The van der Waals surface area contributed by atoms with E-state index in [9.17, 15) is 9.59 Å². The summed E-state index contributed by atoms with van der Waals surface area (Å²) in [7, 11) is 0. The minimum atomic E-state index is -1.03. The molecule has 2 N–H and O–H groups in total. The van der Waals surface area contributed by atoms with Gasteiger partial charge in [-0.15, -0.1) is 0 Å². The molecule has 0 saturated heterocycles. The monoisotopic (exact) mass is 281 g/mol. The number of hydrogen-bond acceptors (Lipinski definition) is 4. The Kier molecular flexibility index (Phi) is 7.13. The van der Waals surface area contributed by atoms with Crippen LogP contribution in [0.3, 0.4) is 0 Å². The number of carbonyl (C=O) groups is 2. The van der Waals surface area contributed by atoms with Crippen LogP contribution in [0.4, 0.5) is 5.69 Å². The van der Waals surface area contributed by atoms with E-state index in [2.05, 4.69) is 5.32 Å². The molecule has 0 spiro atoms. The van der Waals surface area contributed by atoms with Crippen LogP contribution in [-0.4, -0.2) is 36.8 Å². The van der Waals surface area contributed by atoms with E-state index in [-0.39, 0.29) is 12.5 Å². The van der Waals surface area contributed by atoms with E-state index in [1.807, 2.05) is 6.92 Å². The molecule has 0 fully saturated rings. The van der Waals surface area contributed by atoms with Gasteiger partial charge in [0.1, 0.15) is 5.75 Å². The van der Waals surface area contributed by atoms with Gasteiger partial charge in [0.15, 0.2) is 6.61 Å². The van der Waals surface area contributed by atoms with Crippen LogP contribution in [0.1, 0.15) is 19.8 Å². The van der Waals surface area contributed by atoms with Crippen molar-refractivity contribution in [2.45, 2.75) is 19.8 Å². The molecule has 1 aromatic rings. The molecule has 0 aliphatic carbocycles. The lowest BCUT2D eigenvalue weighted by Gasteiger charge is -2.07. The third-order valence-corrected chi connectivity index (χ3v) is 2.40. The average Bonchev–Trinajstić information content (AvgIpc) is 2.43. The molecule has 20 heavy (non-hydrogen) atoms. The predicted octanol–water partition coefficient (Wildman–Crippen LogP) is 1.91. The molecule has 0 saturated carbocycles. The SMILES string of the molecule is CCOCCCC(=O)Nc1ccc(OCC(=O)O)cc1. The van der Waals surface area contributed by atoms with Gasteiger partial charge >= 0.3 is 5.97 Å². The molecule has 0 radical (unpaired) electrons. The van der Waals surface area contributed by atoms with Crippen LogP contribution in [0.5, 0.6) is 5.75 Å². The normalized spacial score (nSPS) is 10.1. The summed E-state index contributed by atoms with van der Waals surface area (Å²) in [6, 6.07) is 6.55. The smallest absolute Gasteiger partial charge is 0.341 e. The fourth-order valence-electron chi connectivity index (χ4n) is 1.48. The Bertz CT molecular complexity index is 430. The van der Waals surface area contributed by atoms with Crippen molar-refractivity contribution in [2.75, 3.05) is 25.1 Å². The highest BCUT2D eigenvalue weighted by atomic mass is 16.5. The van der Waals surface area contributed by atoms with E-state index < -0.39 is 5.97 Å². The highest BCUT2D eigenvalue weighted by Crippen LogP contribution is 2.15. The van der Waals surface area contributed by atoms with E-state index in [4.69, 9.17) is 14.6 Å². The summed E-state index contributed by atoms with van der Waals surface area (Å²) in [6.07, 6.45) is 1.08. The van der Waals surface area contributed by atoms with Crippen LogP contribution in [0.25, 0.3) is 0 Å². The first kappa shape index (κ1) is 16.0. The Hall–Kier alpha value is -2.08.